The van der Waals surface area contributed by atoms with Crippen LogP contribution in [-0.4, -0.2) is 6.67 Å². The van der Waals surface area contributed by atoms with Gasteiger partial charge in [0.05, 0.1) is 0 Å². The topological polar surface area (TPSA) is 0 Å². The second-order valence-electron chi connectivity index (χ2n) is 1.27. The van der Waals surface area contributed by atoms with Crippen LogP contribution in [0.25, 0.3) is 0 Å². The standard InChI is InChI=1S/C5H9F/c1-3-5(2)4-6/h3H,4H2,1-2H3/b5-3-. The van der Waals surface area contributed by atoms with Gasteiger partial charge in [-0.1, -0.05) is 6.08 Å². The van der Waals surface area contributed by atoms with Crippen molar-refractivity contribution < 1.29 is 4.39 Å². The monoisotopic (exact) mass is 88.1 g/mol. The van der Waals surface area contributed by atoms with Crippen molar-refractivity contribution in [1.29, 1.82) is 0 Å². The molecule has 0 amide bonds. The molecule has 0 rings (SSSR count). The minimum atomic E-state index is -0.309. The summed E-state index contributed by atoms with van der Waals surface area (Å²) in [7, 11) is 0. The fraction of sp³-hybridized carbons (Fsp3) is 0.600. The Morgan fingerprint density at radius 2 is 2.33 bits per heavy atom. The number of hydrogen-bond acceptors (Lipinski definition) is 0. The molecule has 6 heavy (non-hydrogen) atoms. The third-order valence-corrected chi connectivity index (χ3v) is 0.704. The predicted molar refractivity (Wildman–Crippen MR) is 25.4 cm³/mol. The lowest BCUT2D eigenvalue weighted by atomic mass is 10.3. The van der Waals surface area contributed by atoms with Crippen LogP contribution in [0.1, 0.15) is 13.8 Å². The number of rotatable bonds is 1. The third kappa shape index (κ3) is 1.94. The molecule has 0 spiro atoms. The molecule has 0 aliphatic carbocycles. The normalized spacial score (nSPS) is 12.2. The molecule has 0 N–H and O–H groups in total. The summed E-state index contributed by atoms with van der Waals surface area (Å²) in [5.74, 6) is 0. The molecule has 36 valence electrons. The zero-order valence-electron chi connectivity index (χ0n) is 4.16. The van der Waals surface area contributed by atoms with E-state index in [-0.39, 0.29) is 6.67 Å². The van der Waals surface area contributed by atoms with E-state index >= 15 is 0 Å². The molecule has 0 aromatic rings. The summed E-state index contributed by atoms with van der Waals surface area (Å²) in [6.45, 7) is 3.28. The first-order chi connectivity index (χ1) is 2.81. The molecule has 0 aromatic carbocycles. The highest BCUT2D eigenvalue weighted by atomic mass is 19.1. The maximum atomic E-state index is 11.3. The highest BCUT2D eigenvalue weighted by Gasteiger charge is 1.76. The molecule has 0 atom stereocenters. The third-order valence-electron chi connectivity index (χ3n) is 0.704. The fourth-order valence-electron chi connectivity index (χ4n) is 0.0772. The molecule has 0 nitrogen and oxygen atoms in total. The van der Waals surface area contributed by atoms with Crippen molar-refractivity contribution in [2.75, 3.05) is 6.67 Å². The van der Waals surface area contributed by atoms with Crippen LogP contribution in [-0.2, 0) is 0 Å². The highest BCUT2D eigenvalue weighted by molar-refractivity contribution is 4.94. The van der Waals surface area contributed by atoms with Crippen molar-refractivity contribution in [3.05, 3.63) is 11.6 Å². The maximum absolute atomic E-state index is 11.3. The lowest BCUT2D eigenvalue weighted by Crippen LogP contribution is -1.71. The van der Waals surface area contributed by atoms with Crippen molar-refractivity contribution in [2.24, 2.45) is 0 Å². The lowest BCUT2D eigenvalue weighted by molar-refractivity contribution is 0.543. The van der Waals surface area contributed by atoms with Gasteiger partial charge in [-0.3, -0.25) is 0 Å². The minimum absolute atomic E-state index is 0.309. The van der Waals surface area contributed by atoms with Gasteiger partial charge in [0.15, 0.2) is 0 Å². The van der Waals surface area contributed by atoms with E-state index in [0.29, 0.717) is 0 Å². The average molecular weight is 88.1 g/mol. The molecule has 0 heterocycles. The van der Waals surface area contributed by atoms with Gasteiger partial charge in [-0.15, -0.1) is 0 Å². The first-order valence-electron chi connectivity index (χ1n) is 1.99. The molecule has 0 aliphatic heterocycles. The van der Waals surface area contributed by atoms with E-state index in [2.05, 4.69) is 0 Å². The molecular weight excluding hydrogens is 79.1 g/mol. The van der Waals surface area contributed by atoms with Gasteiger partial charge in [-0.2, -0.15) is 0 Å². The van der Waals surface area contributed by atoms with Crippen LogP contribution in [0.5, 0.6) is 0 Å². The summed E-state index contributed by atoms with van der Waals surface area (Å²) in [5, 5.41) is 0. The quantitative estimate of drug-likeness (QED) is 0.429. The van der Waals surface area contributed by atoms with Crippen molar-refractivity contribution in [2.45, 2.75) is 13.8 Å². The molecule has 0 radical (unpaired) electrons. The van der Waals surface area contributed by atoms with E-state index in [1.54, 1.807) is 13.0 Å². The van der Waals surface area contributed by atoms with Crippen LogP contribution >= 0.6 is 0 Å². The second kappa shape index (κ2) is 2.88. The summed E-state index contributed by atoms with van der Waals surface area (Å²) in [6, 6.07) is 0. The Morgan fingerprint density at radius 3 is 2.33 bits per heavy atom. The minimum Gasteiger partial charge on any atom is -0.246 e. The molecule has 0 unspecified atom stereocenters. The maximum Gasteiger partial charge on any atom is 0.110 e. The van der Waals surface area contributed by atoms with E-state index in [0.717, 1.165) is 5.57 Å². The zero-order valence-corrected chi connectivity index (χ0v) is 4.16. The van der Waals surface area contributed by atoms with Gasteiger partial charge < -0.3 is 0 Å². The van der Waals surface area contributed by atoms with Gasteiger partial charge in [-0.25, -0.2) is 4.39 Å². The summed E-state index contributed by atoms with van der Waals surface area (Å²) in [6.07, 6.45) is 1.76. The molecule has 0 saturated carbocycles. The first-order valence-corrected chi connectivity index (χ1v) is 1.99. The van der Waals surface area contributed by atoms with Crippen molar-refractivity contribution in [1.82, 2.24) is 0 Å². The number of alkyl halides is 1. The Kier molecular flexibility index (Phi) is 2.73. The zero-order chi connectivity index (χ0) is 4.99. The Bertz CT molecular complexity index is 55.0. The molecule has 0 aliphatic rings. The van der Waals surface area contributed by atoms with Gasteiger partial charge in [0, 0.05) is 0 Å². The Hall–Kier alpha value is -0.330. The SMILES string of the molecule is C/C=C(/C)CF. The Labute approximate surface area is 37.7 Å². The van der Waals surface area contributed by atoms with E-state index in [1.807, 2.05) is 6.92 Å². The smallest absolute Gasteiger partial charge is 0.110 e. The lowest BCUT2D eigenvalue weighted by Gasteiger charge is -1.81. The van der Waals surface area contributed by atoms with Crippen molar-refractivity contribution in [3.8, 4) is 0 Å². The van der Waals surface area contributed by atoms with E-state index < -0.39 is 0 Å². The van der Waals surface area contributed by atoms with Crippen LogP contribution < -0.4 is 0 Å². The van der Waals surface area contributed by atoms with Crippen molar-refractivity contribution >= 4 is 0 Å². The fourth-order valence-corrected chi connectivity index (χ4v) is 0.0772. The van der Waals surface area contributed by atoms with Gasteiger partial charge in [0.1, 0.15) is 6.67 Å². The van der Waals surface area contributed by atoms with Crippen LogP contribution in [0.15, 0.2) is 11.6 Å². The van der Waals surface area contributed by atoms with Crippen LogP contribution in [0.2, 0.25) is 0 Å². The van der Waals surface area contributed by atoms with E-state index in [1.165, 1.54) is 0 Å². The summed E-state index contributed by atoms with van der Waals surface area (Å²) < 4.78 is 11.3. The highest BCUT2D eigenvalue weighted by Crippen LogP contribution is 1.88. The Balaban J connectivity index is 3.22. The molecule has 0 aromatic heterocycles. The van der Waals surface area contributed by atoms with Gasteiger partial charge >= 0.3 is 0 Å². The summed E-state index contributed by atoms with van der Waals surface area (Å²) in [4.78, 5) is 0. The number of halogens is 1. The van der Waals surface area contributed by atoms with Crippen molar-refractivity contribution in [3.63, 3.8) is 0 Å². The van der Waals surface area contributed by atoms with Crippen LogP contribution in [0, 0.1) is 0 Å². The first kappa shape index (κ1) is 5.67. The van der Waals surface area contributed by atoms with Crippen LogP contribution in [0.4, 0.5) is 4.39 Å². The molecule has 1 heteroatoms. The largest absolute Gasteiger partial charge is 0.246 e. The predicted octanol–water partition coefficient (Wildman–Crippen LogP) is 1.92. The molecule has 0 fully saturated rings. The second-order valence-corrected chi connectivity index (χ2v) is 1.27. The molecular formula is C5H9F. The summed E-state index contributed by atoms with van der Waals surface area (Å²) >= 11 is 0. The van der Waals surface area contributed by atoms with E-state index in [9.17, 15) is 4.39 Å². The Morgan fingerprint density at radius 1 is 1.83 bits per heavy atom. The molecule has 0 bridgehead atoms. The van der Waals surface area contributed by atoms with Gasteiger partial charge in [0.25, 0.3) is 0 Å². The van der Waals surface area contributed by atoms with Gasteiger partial charge in [-0.05, 0) is 19.4 Å². The number of allylic oxidation sites excluding steroid dienone is 2. The number of hydrogen-bond donors (Lipinski definition) is 0. The summed E-state index contributed by atoms with van der Waals surface area (Å²) in [5.41, 5.74) is 0.801. The molecule has 0 saturated heterocycles. The van der Waals surface area contributed by atoms with E-state index in [4.69, 9.17) is 0 Å². The average Bonchev–Trinajstić information content (AvgIpc) is 1.65. The van der Waals surface area contributed by atoms with Crippen LogP contribution in [0.3, 0.4) is 0 Å². The van der Waals surface area contributed by atoms with Gasteiger partial charge in [0.2, 0.25) is 0 Å².